The van der Waals surface area contributed by atoms with Crippen LogP contribution in [-0.2, 0) is 13.2 Å². The maximum atomic E-state index is 12.1. The lowest BCUT2D eigenvalue weighted by Crippen LogP contribution is -2.09. The first kappa shape index (κ1) is 17.4. The number of anilines is 1. The second-order valence-electron chi connectivity index (χ2n) is 5.54. The molecule has 2 aromatic carbocycles. The minimum absolute atomic E-state index is 0.0741. The van der Waals surface area contributed by atoms with E-state index in [9.17, 15) is 4.79 Å². The van der Waals surface area contributed by atoms with Crippen molar-refractivity contribution in [2.24, 2.45) is 0 Å². The summed E-state index contributed by atoms with van der Waals surface area (Å²) >= 11 is 0. The Morgan fingerprint density at radius 1 is 0.962 bits per heavy atom. The van der Waals surface area contributed by atoms with Gasteiger partial charge in [-0.05, 0) is 17.7 Å². The first-order valence-corrected chi connectivity index (χ1v) is 8.00. The molecule has 0 radical (unpaired) electrons. The highest BCUT2D eigenvalue weighted by atomic mass is 16.5. The number of methoxy groups -OCH3 is 1. The molecule has 6 heteroatoms. The molecule has 3 aromatic rings. The summed E-state index contributed by atoms with van der Waals surface area (Å²) in [5.41, 5.74) is 7.03. The Morgan fingerprint density at radius 2 is 1.73 bits per heavy atom. The third-order valence-corrected chi connectivity index (χ3v) is 3.68. The molecule has 0 unspecified atom stereocenters. The predicted octanol–water partition coefficient (Wildman–Crippen LogP) is 3.39. The van der Waals surface area contributed by atoms with Crippen molar-refractivity contribution in [3.8, 4) is 17.2 Å². The standard InChI is InChI=1S/C20H19NO5/c1-23-15-7-8-19(17(21)9-15)26-12-16-10-18(22)20(13-24-16)25-11-14-5-3-2-4-6-14/h2-10,13H,11-12,21H2,1H3. The SMILES string of the molecule is COc1ccc(OCc2cc(=O)c(OCc3ccccc3)co2)c(N)c1. The fourth-order valence-corrected chi connectivity index (χ4v) is 2.29. The fraction of sp³-hybridized carbons (Fsp3) is 0.150. The summed E-state index contributed by atoms with van der Waals surface area (Å²) in [7, 11) is 1.56. The normalized spacial score (nSPS) is 10.3. The summed E-state index contributed by atoms with van der Waals surface area (Å²) < 4.78 is 21.6. The lowest BCUT2D eigenvalue weighted by atomic mass is 10.2. The van der Waals surface area contributed by atoms with Crippen LogP contribution in [-0.4, -0.2) is 7.11 Å². The van der Waals surface area contributed by atoms with Gasteiger partial charge in [0, 0.05) is 12.1 Å². The molecule has 134 valence electrons. The monoisotopic (exact) mass is 353 g/mol. The van der Waals surface area contributed by atoms with Crippen molar-refractivity contribution in [1.82, 2.24) is 0 Å². The van der Waals surface area contributed by atoms with Crippen LogP contribution in [0.5, 0.6) is 17.2 Å². The Balaban J connectivity index is 1.61. The second kappa shape index (κ2) is 8.11. The highest BCUT2D eigenvalue weighted by Crippen LogP contribution is 2.27. The minimum atomic E-state index is -0.270. The van der Waals surface area contributed by atoms with E-state index in [0.717, 1.165) is 5.56 Å². The highest BCUT2D eigenvalue weighted by molar-refractivity contribution is 5.56. The first-order chi connectivity index (χ1) is 12.7. The number of ether oxygens (including phenoxy) is 3. The largest absolute Gasteiger partial charge is 0.497 e. The first-order valence-electron chi connectivity index (χ1n) is 8.00. The number of nitrogen functional groups attached to an aromatic ring is 1. The molecule has 0 aliphatic rings. The van der Waals surface area contributed by atoms with Crippen molar-refractivity contribution in [3.63, 3.8) is 0 Å². The molecular formula is C20H19NO5. The van der Waals surface area contributed by atoms with E-state index < -0.39 is 0 Å². The topological polar surface area (TPSA) is 83.9 Å². The van der Waals surface area contributed by atoms with Gasteiger partial charge in [-0.25, -0.2) is 0 Å². The Labute approximate surface area is 150 Å². The van der Waals surface area contributed by atoms with Gasteiger partial charge in [0.1, 0.15) is 36.7 Å². The van der Waals surface area contributed by atoms with Crippen LogP contribution in [0.3, 0.4) is 0 Å². The molecule has 26 heavy (non-hydrogen) atoms. The molecule has 0 aliphatic heterocycles. The van der Waals surface area contributed by atoms with Crippen molar-refractivity contribution in [2.75, 3.05) is 12.8 Å². The van der Waals surface area contributed by atoms with E-state index in [1.807, 2.05) is 30.3 Å². The van der Waals surface area contributed by atoms with Gasteiger partial charge in [-0.3, -0.25) is 4.79 Å². The van der Waals surface area contributed by atoms with Gasteiger partial charge in [-0.1, -0.05) is 30.3 Å². The van der Waals surface area contributed by atoms with Crippen LogP contribution in [0.25, 0.3) is 0 Å². The number of hydrogen-bond acceptors (Lipinski definition) is 6. The number of hydrogen-bond donors (Lipinski definition) is 1. The van der Waals surface area contributed by atoms with Crippen molar-refractivity contribution in [3.05, 3.63) is 82.4 Å². The summed E-state index contributed by atoms with van der Waals surface area (Å²) in [6, 6.07) is 16.0. The molecular weight excluding hydrogens is 334 g/mol. The van der Waals surface area contributed by atoms with Gasteiger partial charge in [-0.15, -0.1) is 0 Å². The van der Waals surface area contributed by atoms with Crippen LogP contribution in [0.15, 0.2) is 70.1 Å². The molecule has 0 atom stereocenters. The number of benzene rings is 2. The van der Waals surface area contributed by atoms with E-state index in [4.69, 9.17) is 24.4 Å². The maximum Gasteiger partial charge on any atom is 0.227 e. The highest BCUT2D eigenvalue weighted by Gasteiger charge is 2.08. The zero-order chi connectivity index (χ0) is 18.4. The zero-order valence-corrected chi connectivity index (χ0v) is 14.3. The van der Waals surface area contributed by atoms with Crippen molar-refractivity contribution >= 4 is 5.69 Å². The van der Waals surface area contributed by atoms with Crippen molar-refractivity contribution < 1.29 is 18.6 Å². The third kappa shape index (κ3) is 4.36. The summed E-state index contributed by atoms with van der Waals surface area (Å²) in [5, 5.41) is 0. The Hall–Kier alpha value is -3.41. The van der Waals surface area contributed by atoms with Crippen LogP contribution < -0.4 is 25.4 Å². The van der Waals surface area contributed by atoms with Gasteiger partial charge in [0.15, 0.2) is 0 Å². The maximum absolute atomic E-state index is 12.1. The molecule has 0 saturated carbocycles. The lowest BCUT2D eigenvalue weighted by molar-refractivity contribution is 0.255. The molecule has 0 spiro atoms. The van der Waals surface area contributed by atoms with Crippen molar-refractivity contribution in [1.29, 1.82) is 0 Å². The van der Waals surface area contributed by atoms with E-state index in [2.05, 4.69) is 0 Å². The van der Waals surface area contributed by atoms with E-state index in [1.54, 1.807) is 25.3 Å². The van der Waals surface area contributed by atoms with Crippen LogP contribution in [0.2, 0.25) is 0 Å². The molecule has 0 fully saturated rings. The van der Waals surface area contributed by atoms with Crippen LogP contribution in [0, 0.1) is 0 Å². The molecule has 0 bridgehead atoms. The van der Waals surface area contributed by atoms with Crippen LogP contribution >= 0.6 is 0 Å². The van der Waals surface area contributed by atoms with Crippen LogP contribution in [0.1, 0.15) is 11.3 Å². The Kier molecular flexibility index (Phi) is 5.43. The minimum Gasteiger partial charge on any atom is -0.497 e. The molecule has 2 N–H and O–H groups in total. The molecule has 0 amide bonds. The van der Waals surface area contributed by atoms with Crippen molar-refractivity contribution in [2.45, 2.75) is 13.2 Å². The van der Waals surface area contributed by atoms with E-state index in [1.165, 1.54) is 12.3 Å². The smallest absolute Gasteiger partial charge is 0.227 e. The summed E-state index contributed by atoms with van der Waals surface area (Å²) in [6.45, 7) is 0.370. The van der Waals surface area contributed by atoms with E-state index in [0.29, 0.717) is 29.6 Å². The zero-order valence-electron chi connectivity index (χ0n) is 14.3. The summed E-state index contributed by atoms with van der Waals surface area (Å²) in [6.07, 6.45) is 1.29. The third-order valence-electron chi connectivity index (χ3n) is 3.68. The average molecular weight is 353 g/mol. The quantitative estimate of drug-likeness (QED) is 0.656. The van der Waals surface area contributed by atoms with E-state index in [-0.39, 0.29) is 17.8 Å². The summed E-state index contributed by atoms with van der Waals surface area (Å²) in [5.74, 6) is 1.65. The number of rotatable bonds is 7. The van der Waals surface area contributed by atoms with Gasteiger partial charge in [0.05, 0.1) is 12.8 Å². The second-order valence-corrected chi connectivity index (χ2v) is 5.54. The molecule has 3 rings (SSSR count). The van der Waals surface area contributed by atoms with Gasteiger partial charge in [-0.2, -0.15) is 0 Å². The van der Waals surface area contributed by atoms with Gasteiger partial charge >= 0.3 is 0 Å². The van der Waals surface area contributed by atoms with E-state index >= 15 is 0 Å². The fourth-order valence-electron chi connectivity index (χ4n) is 2.29. The molecule has 6 nitrogen and oxygen atoms in total. The predicted molar refractivity (Wildman–Crippen MR) is 97.5 cm³/mol. The van der Waals surface area contributed by atoms with Crippen LogP contribution in [0.4, 0.5) is 5.69 Å². The lowest BCUT2D eigenvalue weighted by Gasteiger charge is -2.10. The van der Waals surface area contributed by atoms with Gasteiger partial charge in [0.25, 0.3) is 0 Å². The molecule has 1 aromatic heterocycles. The van der Waals surface area contributed by atoms with Gasteiger partial charge < -0.3 is 24.4 Å². The molecule has 0 saturated heterocycles. The molecule has 0 aliphatic carbocycles. The Morgan fingerprint density at radius 3 is 2.42 bits per heavy atom. The Bertz CT molecular complexity index is 921. The number of nitrogens with two attached hydrogens (primary N) is 1. The molecule has 1 heterocycles. The average Bonchev–Trinajstić information content (AvgIpc) is 2.67. The van der Waals surface area contributed by atoms with Gasteiger partial charge in [0.2, 0.25) is 11.2 Å². The summed E-state index contributed by atoms with van der Waals surface area (Å²) in [4.78, 5) is 12.1.